The third-order valence-electron chi connectivity index (χ3n) is 3.54. The number of amides is 1. The van der Waals surface area contributed by atoms with Crippen molar-refractivity contribution in [2.24, 2.45) is 0 Å². The molecule has 1 aliphatic rings. The number of nitrogens with one attached hydrogen (secondary N) is 2. The second-order valence-electron chi connectivity index (χ2n) is 5.37. The van der Waals surface area contributed by atoms with Crippen molar-refractivity contribution in [2.75, 3.05) is 25.0 Å². The summed E-state index contributed by atoms with van der Waals surface area (Å²) in [6.07, 6.45) is 4.95. The first kappa shape index (κ1) is 15.0. The van der Waals surface area contributed by atoms with Crippen molar-refractivity contribution in [2.45, 2.75) is 38.7 Å². The molecule has 1 aliphatic heterocycles. The van der Waals surface area contributed by atoms with Gasteiger partial charge in [-0.15, -0.1) is 0 Å². The van der Waals surface area contributed by atoms with Crippen LogP contribution in [0.3, 0.4) is 0 Å². The highest BCUT2D eigenvalue weighted by Gasteiger charge is 2.13. The van der Waals surface area contributed by atoms with Crippen molar-refractivity contribution in [3.05, 3.63) is 29.8 Å². The molecule has 1 heterocycles. The normalized spacial score (nSPS) is 18.8. The highest BCUT2D eigenvalue weighted by atomic mass is 16.5. The first-order valence-corrected chi connectivity index (χ1v) is 7.43. The SMILES string of the molecule is Cc1ccc(NC(=O)CNCCC2CCCCO2)cc1. The number of benzene rings is 1. The molecule has 0 radical (unpaired) electrons. The van der Waals surface area contributed by atoms with E-state index < -0.39 is 0 Å². The average Bonchev–Trinajstić information content (AvgIpc) is 2.47. The molecule has 1 amide bonds. The Morgan fingerprint density at radius 3 is 2.80 bits per heavy atom. The molecule has 1 unspecified atom stereocenters. The number of hydrogen-bond donors (Lipinski definition) is 2. The summed E-state index contributed by atoms with van der Waals surface area (Å²) >= 11 is 0. The first-order chi connectivity index (χ1) is 9.74. The van der Waals surface area contributed by atoms with E-state index >= 15 is 0 Å². The number of ether oxygens (including phenoxy) is 1. The Labute approximate surface area is 120 Å². The van der Waals surface area contributed by atoms with Gasteiger partial charge >= 0.3 is 0 Å². The molecule has 0 aromatic heterocycles. The maximum absolute atomic E-state index is 11.7. The lowest BCUT2D eigenvalue weighted by Gasteiger charge is -2.22. The fourth-order valence-corrected chi connectivity index (χ4v) is 2.34. The van der Waals surface area contributed by atoms with Gasteiger partial charge in [-0.05, 0) is 51.3 Å². The van der Waals surface area contributed by atoms with Gasteiger partial charge in [0.15, 0.2) is 0 Å². The second kappa shape index (κ2) is 8.02. The quantitative estimate of drug-likeness (QED) is 0.785. The van der Waals surface area contributed by atoms with E-state index in [0.717, 1.165) is 31.7 Å². The molecule has 20 heavy (non-hydrogen) atoms. The minimum absolute atomic E-state index is 0.00147. The van der Waals surface area contributed by atoms with Gasteiger partial charge in [-0.2, -0.15) is 0 Å². The smallest absolute Gasteiger partial charge is 0.238 e. The van der Waals surface area contributed by atoms with Gasteiger partial charge in [0.1, 0.15) is 0 Å². The molecule has 110 valence electrons. The van der Waals surface area contributed by atoms with Crippen molar-refractivity contribution in [3.8, 4) is 0 Å². The Kier molecular flexibility index (Phi) is 6.02. The van der Waals surface area contributed by atoms with Gasteiger partial charge in [-0.1, -0.05) is 17.7 Å². The molecule has 1 aromatic carbocycles. The van der Waals surface area contributed by atoms with Crippen molar-refractivity contribution < 1.29 is 9.53 Å². The van der Waals surface area contributed by atoms with Crippen LogP contribution in [-0.4, -0.2) is 31.7 Å². The van der Waals surface area contributed by atoms with E-state index in [0.29, 0.717) is 12.6 Å². The third-order valence-corrected chi connectivity index (χ3v) is 3.54. The molecule has 0 bridgehead atoms. The van der Waals surface area contributed by atoms with Gasteiger partial charge in [-0.25, -0.2) is 0 Å². The summed E-state index contributed by atoms with van der Waals surface area (Å²) in [4.78, 5) is 11.7. The minimum atomic E-state index is -0.00147. The predicted molar refractivity (Wildman–Crippen MR) is 80.9 cm³/mol. The molecule has 0 saturated carbocycles. The lowest BCUT2D eigenvalue weighted by Crippen LogP contribution is -2.31. The van der Waals surface area contributed by atoms with Crippen LogP contribution in [0.15, 0.2) is 24.3 Å². The molecule has 2 rings (SSSR count). The summed E-state index contributed by atoms with van der Waals surface area (Å²) in [5, 5.41) is 6.05. The molecule has 4 heteroatoms. The monoisotopic (exact) mass is 276 g/mol. The molecule has 0 aliphatic carbocycles. The zero-order chi connectivity index (χ0) is 14.2. The Bertz CT molecular complexity index is 411. The zero-order valence-corrected chi connectivity index (χ0v) is 12.2. The van der Waals surface area contributed by atoms with Crippen molar-refractivity contribution in [3.63, 3.8) is 0 Å². The van der Waals surface area contributed by atoms with E-state index in [1.807, 2.05) is 31.2 Å². The summed E-state index contributed by atoms with van der Waals surface area (Å²) in [5.41, 5.74) is 2.03. The molecule has 1 aromatic rings. The maximum atomic E-state index is 11.7. The molecular formula is C16H24N2O2. The Morgan fingerprint density at radius 1 is 1.30 bits per heavy atom. The lowest BCUT2D eigenvalue weighted by molar-refractivity contribution is -0.115. The number of hydrogen-bond acceptors (Lipinski definition) is 3. The standard InChI is InChI=1S/C16H24N2O2/c1-13-5-7-14(8-6-13)18-16(19)12-17-10-9-15-4-2-3-11-20-15/h5-8,15,17H,2-4,9-12H2,1H3,(H,18,19). The maximum Gasteiger partial charge on any atom is 0.238 e. The molecule has 1 saturated heterocycles. The topological polar surface area (TPSA) is 50.4 Å². The Morgan fingerprint density at radius 2 is 2.10 bits per heavy atom. The van der Waals surface area contributed by atoms with Gasteiger partial charge in [0.25, 0.3) is 0 Å². The Hall–Kier alpha value is -1.39. The van der Waals surface area contributed by atoms with Gasteiger partial charge in [-0.3, -0.25) is 4.79 Å². The molecule has 2 N–H and O–H groups in total. The van der Waals surface area contributed by atoms with E-state index in [1.54, 1.807) is 0 Å². The minimum Gasteiger partial charge on any atom is -0.378 e. The zero-order valence-electron chi connectivity index (χ0n) is 12.2. The number of carbonyl (C=O) groups excluding carboxylic acids is 1. The van der Waals surface area contributed by atoms with E-state index in [1.165, 1.54) is 18.4 Å². The van der Waals surface area contributed by atoms with Crippen LogP contribution in [0.25, 0.3) is 0 Å². The van der Waals surface area contributed by atoms with Gasteiger partial charge in [0.05, 0.1) is 12.6 Å². The van der Waals surface area contributed by atoms with E-state index in [9.17, 15) is 4.79 Å². The third kappa shape index (κ3) is 5.31. The second-order valence-corrected chi connectivity index (χ2v) is 5.37. The molecule has 1 fully saturated rings. The van der Waals surface area contributed by atoms with E-state index in [-0.39, 0.29) is 5.91 Å². The average molecular weight is 276 g/mol. The van der Waals surface area contributed by atoms with Crippen LogP contribution in [0.4, 0.5) is 5.69 Å². The van der Waals surface area contributed by atoms with Crippen LogP contribution in [0.5, 0.6) is 0 Å². The largest absolute Gasteiger partial charge is 0.378 e. The van der Waals surface area contributed by atoms with Gasteiger partial charge in [0.2, 0.25) is 5.91 Å². The summed E-state index contributed by atoms with van der Waals surface area (Å²) < 4.78 is 5.65. The fraction of sp³-hybridized carbons (Fsp3) is 0.562. The molecule has 4 nitrogen and oxygen atoms in total. The van der Waals surface area contributed by atoms with Gasteiger partial charge in [0, 0.05) is 12.3 Å². The summed E-state index contributed by atoms with van der Waals surface area (Å²) in [5.74, 6) is -0.00147. The van der Waals surface area contributed by atoms with Crippen molar-refractivity contribution >= 4 is 11.6 Å². The molecular weight excluding hydrogens is 252 g/mol. The fourth-order valence-electron chi connectivity index (χ4n) is 2.34. The molecule has 0 spiro atoms. The number of rotatable bonds is 6. The van der Waals surface area contributed by atoms with Crippen LogP contribution in [-0.2, 0) is 9.53 Å². The predicted octanol–water partition coefficient (Wildman–Crippen LogP) is 2.48. The molecule has 1 atom stereocenters. The van der Waals surface area contributed by atoms with Crippen LogP contribution in [0, 0.1) is 6.92 Å². The van der Waals surface area contributed by atoms with Crippen molar-refractivity contribution in [1.82, 2.24) is 5.32 Å². The number of aryl methyl sites for hydroxylation is 1. The van der Waals surface area contributed by atoms with E-state index in [4.69, 9.17) is 4.74 Å². The highest BCUT2D eigenvalue weighted by molar-refractivity contribution is 5.92. The highest BCUT2D eigenvalue weighted by Crippen LogP contribution is 2.14. The summed E-state index contributed by atoms with van der Waals surface area (Å²) in [6.45, 7) is 4.09. The number of carbonyl (C=O) groups is 1. The van der Waals surface area contributed by atoms with Crippen molar-refractivity contribution in [1.29, 1.82) is 0 Å². The van der Waals surface area contributed by atoms with Gasteiger partial charge < -0.3 is 15.4 Å². The summed E-state index contributed by atoms with van der Waals surface area (Å²) in [7, 11) is 0. The number of anilines is 1. The lowest BCUT2D eigenvalue weighted by atomic mass is 10.1. The summed E-state index contributed by atoms with van der Waals surface area (Å²) in [6, 6.07) is 7.82. The first-order valence-electron chi connectivity index (χ1n) is 7.43. The Balaban J connectivity index is 1.59. The van der Waals surface area contributed by atoms with Crippen LogP contribution in [0.1, 0.15) is 31.2 Å². The van der Waals surface area contributed by atoms with E-state index in [2.05, 4.69) is 10.6 Å². The van der Waals surface area contributed by atoms with Crippen LogP contribution >= 0.6 is 0 Å². The van der Waals surface area contributed by atoms with Crippen LogP contribution < -0.4 is 10.6 Å². The van der Waals surface area contributed by atoms with Crippen LogP contribution in [0.2, 0.25) is 0 Å².